The lowest BCUT2D eigenvalue weighted by Crippen LogP contribution is -2.38. The number of nitrogen functional groups attached to an aromatic ring is 1. The summed E-state index contributed by atoms with van der Waals surface area (Å²) in [5, 5.41) is 0. The molecule has 21 heavy (non-hydrogen) atoms. The molecule has 1 saturated heterocycles. The number of amides is 1. The van der Waals surface area contributed by atoms with Crippen LogP contribution in [0.3, 0.4) is 0 Å². The van der Waals surface area contributed by atoms with Crippen molar-refractivity contribution in [3.8, 4) is 0 Å². The standard InChI is InChI=1S/C16H24BrN3O/c1-4-19(5-2)13-6-7-20(10-13)16(21)14-8-12(17)9-15(18)11(14)3/h8-9,13H,4-7,10,18H2,1-3H3. The van der Waals surface area contributed by atoms with Crippen LogP contribution in [0.4, 0.5) is 5.69 Å². The molecule has 1 aromatic carbocycles. The molecule has 1 aliphatic heterocycles. The van der Waals surface area contributed by atoms with E-state index < -0.39 is 0 Å². The average Bonchev–Trinajstić information content (AvgIpc) is 2.93. The van der Waals surface area contributed by atoms with Gasteiger partial charge in [0.2, 0.25) is 0 Å². The van der Waals surface area contributed by atoms with Gasteiger partial charge in [-0.1, -0.05) is 29.8 Å². The van der Waals surface area contributed by atoms with Crippen LogP contribution in [0.5, 0.6) is 0 Å². The summed E-state index contributed by atoms with van der Waals surface area (Å²) in [6.45, 7) is 9.96. The number of nitrogens with two attached hydrogens (primary N) is 1. The van der Waals surface area contributed by atoms with Gasteiger partial charge >= 0.3 is 0 Å². The molecule has 1 unspecified atom stereocenters. The molecule has 1 amide bonds. The summed E-state index contributed by atoms with van der Waals surface area (Å²) < 4.78 is 0.855. The molecule has 0 saturated carbocycles. The van der Waals surface area contributed by atoms with Crippen LogP contribution in [0.2, 0.25) is 0 Å². The van der Waals surface area contributed by atoms with Crippen LogP contribution in [0.25, 0.3) is 0 Å². The number of halogens is 1. The van der Waals surface area contributed by atoms with Gasteiger partial charge in [0, 0.05) is 34.9 Å². The molecule has 1 aromatic rings. The lowest BCUT2D eigenvalue weighted by atomic mass is 10.1. The fourth-order valence-electron chi connectivity index (χ4n) is 3.06. The van der Waals surface area contributed by atoms with E-state index in [-0.39, 0.29) is 5.91 Å². The quantitative estimate of drug-likeness (QED) is 0.846. The second-order valence-electron chi connectivity index (χ2n) is 5.58. The molecule has 0 bridgehead atoms. The van der Waals surface area contributed by atoms with Gasteiger partial charge in [0.15, 0.2) is 0 Å². The molecule has 0 spiro atoms. The molecular weight excluding hydrogens is 330 g/mol. The van der Waals surface area contributed by atoms with E-state index in [0.29, 0.717) is 17.3 Å². The van der Waals surface area contributed by atoms with E-state index in [0.717, 1.165) is 42.6 Å². The first kappa shape index (κ1) is 16.3. The summed E-state index contributed by atoms with van der Waals surface area (Å²) in [4.78, 5) is 17.1. The predicted octanol–water partition coefficient (Wildman–Crippen LogP) is 2.90. The first-order valence-electron chi connectivity index (χ1n) is 7.56. The number of hydrogen-bond donors (Lipinski definition) is 1. The van der Waals surface area contributed by atoms with Crippen molar-refractivity contribution in [3.63, 3.8) is 0 Å². The Labute approximate surface area is 135 Å². The third-order valence-corrected chi connectivity index (χ3v) is 4.88. The van der Waals surface area contributed by atoms with E-state index in [1.807, 2.05) is 24.0 Å². The van der Waals surface area contributed by atoms with Crippen molar-refractivity contribution in [1.29, 1.82) is 0 Å². The largest absolute Gasteiger partial charge is 0.398 e. The van der Waals surface area contributed by atoms with Crippen LogP contribution in [0, 0.1) is 6.92 Å². The molecule has 4 nitrogen and oxygen atoms in total. The fraction of sp³-hybridized carbons (Fsp3) is 0.562. The third kappa shape index (κ3) is 3.40. The highest BCUT2D eigenvalue weighted by Gasteiger charge is 2.30. The summed E-state index contributed by atoms with van der Waals surface area (Å²) in [5.74, 6) is 0.0927. The minimum Gasteiger partial charge on any atom is -0.398 e. The Morgan fingerprint density at radius 1 is 1.43 bits per heavy atom. The lowest BCUT2D eigenvalue weighted by molar-refractivity contribution is 0.0777. The van der Waals surface area contributed by atoms with E-state index in [2.05, 4.69) is 34.7 Å². The maximum absolute atomic E-state index is 12.7. The summed E-state index contributed by atoms with van der Waals surface area (Å²) in [7, 11) is 0. The Bertz CT molecular complexity index is 528. The Morgan fingerprint density at radius 2 is 2.10 bits per heavy atom. The highest BCUT2D eigenvalue weighted by atomic mass is 79.9. The molecule has 1 atom stereocenters. The molecule has 0 aromatic heterocycles. The SMILES string of the molecule is CCN(CC)C1CCN(C(=O)c2cc(Br)cc(N)c2C)C1. The zero-order valence-electron chi connectivity index (χ0n) is 13.0. The van der Waals surface area contributed by atoms with Crippen LogP contribution in [0.15, 0.2) is 16.6 Å². The molecule has 0 radical (unpaired) electrons. The maximum atomic E-state index is 12.7. The van der Waals surface area contributed by atoms with Gasteiger partial charge in [-0.05, 0) is 44.1 Å². The first-order valence-corrected chi connectivity index (χ1v) is 8.36. The number of likely N-dealkylation sites (N-methyl/N-ethyl adjacent to an activating group) is 1. The highest BCUT2D eigenvalue weighted by Crippen LogP contribution is 2.26. The van der Waals surface area contributed by atoms with Gasteiger partial charge in [-0.25, -0.2) is 0 Å². The van der Waals surface area contributed by atoms with Crippen molar-refractivity contribution in [2.24, 2.45) is 0 Å². The number of carbonyl (C=O) groups is 1. The molecule has 116 valence electrons. The van der Waals surface area contributed by atoms with Gasteiger partial charge in [0.05, 0.1) is 0 Å². The van der Waals surface area contributed by atoms with E-state index in [4.69, 9.17) is 5.73 Å². The van der Waals surface area contributed by atoms with Crippen LogP contribution in [-0.2, 0) is 0 Å². The Hall–Kier alpha value is -1.07. The number of nitrogens with zero attached hydrogens (tertiary/aromatic N) is 2. The van der Waals surface area contributed by atoms with Crippen molar-refractivity contribution in [2.45, 2.75) is 33.2 Å². The van der Waals surface area contributed by atoms with Crippen LogP contribution in [-0.4, -0.2) is 47.9 Å². The van der Waals surface area contributed by atoms with E-state index in [1.165, 1.54) is 0 Å². The smallest absolute Gasteiger partial charge is 0.254 e. The average molecular weight is 354 g/mol. The zero-order valence-corrected chi connectivity index (χ0v) is 14.6. The topological polar surface area (TPSA) is 49.6 Å². The van der Waals surface area contributed by atoms with E-state index >= 15 is 0 Å². The number of likely N-dealkylation sites (tertiary alicyclic amines) is 1. The van der Waals surface area contributed by atoms with E-state index in [1.54, 1.807) is 0 Å². The van der Waals surface area contributed by atoms with E-state index in [9.17, 15) is 4.79 Å². The second kappa shape index (κ2) is 6.79. The van der Waals surface area contributed by atoms with Crippen LogP contribution >= 0.6 is 15.9 Å². The second-order valence-corrected chi connectivity index (χ2v) is 6.50. The summed E-state index contributed by atoms with van der Waals surface area (Å²) in [6, 6.07) is 4.20. The van der Waals surface area contributed by atoms with Crippen molar-refractivity contribution >= 4 is 27.5 Å². The molecule has 2 N–H and O–H groups in total. The van der Waals surface area contributed by atoms with Gasteiger partial charge in [-0.15, -0.1) is 0 Å². The predicted molar refractivity (Wildman–Crippen MR) is 90.5 cm³/mol. The van der Waals surface area contributed by atoms with Crippen LogP contribution < -0.4 is 5.73 Å². The third-order valence-electron chi connectivity index (χ3n) is 4.42. The van der Waals surface area contributed by atoms with Gasteiger partial charge < -0.3 is 10.6 Å². The fourth-order valence-corrected chi connectivity index (χ4v) is 3.53. The highest BCUT2D eigenvalue weighted by molar-refractivity contribution is 9.10. The van der Waals surface area contributed by atoms with Crippen molar-refractivity contribution in [3.05, 3.63) is 27.7 Å². The summed E-state index contributed by atoms with van der Waals surface area (Å²) >= 11 is 3.42. The Morgan fingerprint density at radius 3 is 2.71 bits per heavy atom. The maximum Gasteiger partial charge on any atom is 0.254 e. The molecule has 5 heteroatoms. The Balaban J connectivity index is 2.15. The van der Waals surface area contributed by atoms with Crippen LogP contribution in [0.1, 0.15) is 36.2 Å². The van der Waals surface area contributed by atoms with Gasteiger partial charge in [0.1, 0.15) is 0 Å². The van der Waals surface area contributed by atoms with Gasteiger partial charge in [-0.2, -0.15) is 0 Å². The molecular formula is C16H24BrN3O. The zero-order chi connectivity index (χ0) is 15.6. The van der Waals surface area contributed by atoms with Crippen molar-refractivity contribution < 1.29 is 4.79 Å². The van der Waals surface area contributed by atoms with Gasteiger partial charge in [0.25, 0.3) is 5.91 Å². The first-order chi connectivity index (χ1) is 9.97. The molecule has 1 aliphatic rings. The molecule has 2 rings (SSSR count). The Kier molecular flexibility index (Phi) is 5.27. The summed E-state index contributed by atoms with van der Waals surface area (Å²) in [5.41, 5.74) is 8.21. The normalized spacial score (nSPS) is 18.5. The number of hydrogen-bond acceptors (Lipinski definition) is 3. The number of carbonyl (C=O) groups excluding carboxylic acids is 1. The molecule has 0 aliphatic carbocycles. The lowest BCUT2D eigenvalue weighted by Gasteiger charge is -2.26. The van der Waals surface area contributed by atoms with Crippen molar-refractivity contribution in [1.82, 2.24) is 9.80 Å². The summed E-state index contributed by atoms with van der Waals surface area (Å²) in [6.07, 6.45) is 1.05. The minimum absolute atomic E-state index is 0.0927. The number of benzene rings is 1. The molecule has 1 heterocycles. The number of anilines is 1. The van der Waals surface area contributed by atoms with Crippen molar-refractivity contribution in [2.75, 3.05) is 31.9 Å². The number of rotatable bonds is 4. The molecule has 1 fully saturated rings. The minimum atomic E-state index is 0.0927. The monoisotopic (exact) mass is 353 g/mol. The van der Waals surface area contributed by atoms with Gasteiger partial charge in [-0.3, -0.25) is 9.69 Å².